The lowest BCUT2D eigenvalue weighted by Crippen LogP contribution is -2.01. The highest BCUT2D eigenvalue weighted by atomic mass is 32.1. The van der Waals surface area contributed by atoms with E-state index >= 15 is 0 Å². The van der Waals surface area contributed by atoms with Gasteiger partial charge in [-0.05, 0) is 36.1 Å². The second-order valence-electron chi connectivity index (χ2n) is 5.77. The first-order valence-electron chi connectivity index (χ1n) is 8.13. The summed E-state index contributed by atoms with van der Waals surface area (Å²) in [7, 11) is 3.26. The van der Waals surface area contributed by atoms with Crippen molar-refractivity contribution in [2.45, 2.75) is 12.8 Å². The highest BCUT2D eigenvalue weighted by Gasteiger charge is 2.20. The van der Waals surface area contributed by atoms with Gasteiger partial charge >= 0.3 is 0 Å². The van der Waals surface area contributed by atoms with E-state index < -0.39 is 0 Å². The molecule has 0 unspecified atom stereocenters. The van der Waals surface area contributed by atoms with Crippen LogP contribution in [-0.2, 0) is 12.8 Å². The standard InChI is InChI=1S/C20H18N2O2S/c1-23-17-9-5-7-14(18(17)24-2)12-21-20-22-16-11-10-13-6-3-4-8-15(13)19(16)25-20/h3-9,12H,10-11H2,1-2H3. The maximum Gasteiger partial charge on any atom is 0.209 e. The van der Waals surface area contributed by atoms with E-state index in [9.17, 15) is 0 Å². The molecule has 0 aliphatic heterocycles. The van der Waals surface area contributed by atoms with E-state index in [0.29, 0.717) is 11.5 Å². The van der Waals surface area contributed by atoms with Crippen molar-refractivity contribution in [1.82, 2.24) is 4.98 Å². The maximum absolute atomic E-state index is 5.45. The second kappa shape index (κ2) is 6.69. The fourth-order valence-corrected chi connectivity index (χ4v) is 4.14. The first-order valence-corrected chi connectivity index (χ1v) is 8.95. The highest BCUT2D eigenvalue weighted by Crippen LogP contribution is 2.40. The van der Waals surface area contributed by atoms with Gasteiger partial charge in [-0.25, -0.2) is 9.98 Å². The van der Waals surface area contributed by atoms with Gasteiger partial charge in [0, 0.05) is 11.8 Å². The van der Waals surface area contributed by atoms with Crippen molar-refractivity contribution >= 4 is 22.7 Å². The third kappa shape index (κ3) is 2.91. The molecule has 0 spiro atoms. The zero-order valence-electron chi connectivity index (χ0n) is 14.2. The van der Waals surface area contributed by atoms with Gasteiger partial charge in [0.25, 0.3) is 0 Å². The molecule has 0 fully saturated rings. The highest BCUT2D eigenvalue weighted by molar-refractivity contribution is 7.18. The lowest BCUT2D eigenvalue weighted by atomic mass is 9.94. The van der Waals surface area contributed by atoms with E-state index in [0.717, 1.165) is 29.2 Å². The summed E-state index contributed by atoms with van der Waals surface area (Å²) in [5.41, 5.74) is 4.70. The van der Waals surface area contributed by atoms with Gasteiger partial charge in [-0.3, -0.25) is 0 Å². The molecule has 3 aromatic rings. The van der Waals surface area contributed by atoms with Gasteiger partial charge in [0.1, 0.15) is 0 Å². The number of rotatable bonds is 4. The molecule has 4 nitrogen and oxygen atoms in total. The van der Waals surface area contributed by atoms with Crippen molar-refractivity contribution in [1.29, 1.82) is 0 Å². The SMILES string of the molecule is COc1cccc(C=Nc2nc3c(s2)-c2ccccc2CC3)c1OC. The number of methoxy groups -OCH3 is 2. The number of thiazole rings is 1. The van der Waals surface area contributed by atoms with Crippen LogP contribution in [0.1, 0.15) is 16.8 Å². The number of fused-ring (bicyclic) bond motifs is 3. The topological polar surface area (TPSA) is 43.7 Å². The average molecular weight is 350 g/mol. The summed E-state index contributed by atoms with van der Waals surface area (Å²) >= 11 is 1.64. The summed E-state index contributed by atoms with van der Waals surface area (Å²) in [4.78, 5) is 10.5. The first kappa shape index (κ1) is 15.8. The summed E-state index contributed by atoms with van der Waals surface area (Å²) in [5, 5.41) is 0.770. The van der Waals surface area contributed by atoms with Gasteiger partial charge in [0.2, 0.25) is 5.13 Å². The van der Waals surface area contributed by atoms with E-state index in [1.54, 1.807) is 31.8 Å². The van der Waals surface area contributed by atoms with E-state index in [1.165, 1.54) is 16.0 Å². The number of para-hydroxylation sites is 1. The smallest absolute Gasteiger partial charge is 0.209 e. The second-order valence-corrected chi connectivity index (χ2v) is 6.75. The van der Waals surface area contributed by atoms with Crippen LogP contribution in [0.15, 0.2) is 47.5 Å². The molecule has 1 heterocycles. The molecule has 2 aromatic carbocycles. The maximum atomic E-state index is 5.45. The van der Waals surface area contributed by atoms with Gasteiger partial charge in [-0.15, -0.1) is 0 Å². The molecule has 5 heteroatoms. The van der Waals surface area contributed by atoms with Crippen LogP contribution >= 0.6 is 11.3 Å². The number of hydrogen-bond acceptors (Lipinski definition) is 5. The zero-order valence-corrected chi connectivity index (χ0v) is 15.0. The molecule has 1 aliphatic rings. The molecule has 0 saturated carbocycles. The van der Waals surface area contributed by atoms with Gasteiger partial charge in [0.05, 0.1) is 24.8 Å². The Balaban J connectivity index is 1.68. The normalized spacial score (nSPS) is 12.7. The minimum absolute atomic E-state index is 0.681. The van der Waals surface area contributed by atoms with E-state index in [1.807, 2.05) is 18.2 Å². The van der Waals surface area contributed by atoms with Gasteiger partial charge in [-0.2, -0.15) is 0 Å². The van der Waals surface area contributed by atoms with E-state index in [4.69, 9.17) is 14.5 Å². The number of hydrogen-bond donors (Lipinski definition) is 0. The number of nitrogens with zero attached hydrogens (tertiary/aromatic N) is 2. The Bertz CT molecular complexity index is 947. The number of aromatic nitrogens is 1. The molecule has 4 rings (SSSR count). The van der Waals surface area contributed by atoms with E-state index in [2.05, 4.69) is 29.3 Å². The van der Waals surface area contributed by atoms with Crippen molar-refractivity contribution in [3.05, 3.63) is 59.3 Å². The molecule has 0 radical (unpaired) electrons. The summed E-state index contributed by atoms with van der Waals surface area (Å²) in [6.45, 7) is 0. The summed E-state index contributed by atoms with van der Waals surface area (Å²) < 4.78 is 10.8. The first-order chi connectivity index (χ1) is 12.3. The van der Waals surface area contributed by atoms with Gasteiger partial charge in [-0.1, -0.05) is 41.7 Å². The Kier molecular flexibility index (Phi) is 4.24. The molecule has 126 valence electrons. The van der Waals surface area contributed by atoms with Gasteiger partial charge in [0.15, 0.2) is 11.5 Å². The van der Waals surface area contributed by atoms with Crippen LogP contribution in [0.5, 0.6) is 11.5 Å². The van der Waals surface area contributed by atoms with Crippen LogP contribution < -0.4 is 9.47 Å². The Labute approximate surface area is 150 Å². The molecule has 0 saturated heterocycles. The monoisotopic (exact) mass is 350 g/mol. The summed E-state index contributed by atoms with van der Waals surface area (Å²) in [6.07, 6.45) is 3.80. The van der Waals surface area contributed by atoms with E-state index in [-0.39, 0.29) is 0 Å². The van der Waals surface area contributed by atoms with Crippen molar-refractivity contribution < 1.29 is 9.47 Å². The molecule has 0 amide bonds. The van der Waals surface area contributed by atoms with Crippen LogP contribution in [-0.4, -0.2) is 25.4 Å². The Morgan fingerprint density at radius 1 is 1.04 bits per heavy atom. The van der Waals surface area contributed by atoms with Crippen molar-refractivity contribution in [3.63, 3.8) is 0 Å². The summed E-state index contributed by atoms with van der Waals surface area (Å²) in [5.74, 6) is 1.37. The molecule has 25 heavy (non-hydrogen) atoms. The average Bonchev–Trinajstić information content (AvgIpc) is 3.09. The largest absolute Gasteiger partial charge is 0.493 e. The molecule has 1 aromatic heterocycles. The minimum Gasteiger partial charge on any atom is -0.493 e. The molecule has 0 bridgehead atoms. The number of aliphatic imine (C=N–C) groups is 1. The fourth-order valence-electron chi connectivity index (χ4n) is 3.13. The predicted octanol–water partition coefficient (Wildman–Crippen LogP) is 4.68. The minimum atomic E-state index is 0.681. The number of benzene rings is 2. The van der Waals surface area contributed by atoms with Crippen LogP contribution in [0.25, 0.3) is 10.4 Å². The predicted molar refractivity (Wildman–Crippen MR) is 102 cm³/mol. The van der Waals surface area contributed by atoms with Crippen LogP contribution in [0.2, 0.25) is 0 Å². The fraction of sp³-hybridized carbons (Fsp3) is 0.200. The van der Waals surface area contributed by atoms with Gasteiger partial charge < -0.3 is 9.47 Å². The molecule has 0 N–H and O–H groups in total. The van der Waals surface area contributed by atoms with Crippen LogP contribution in [0.3, 0.4) is 0 Å². The Morgan fingerprint density at radius 2 is 1.92 bits per heavy atom. The summed E-state index contributed by atoms with van der Waals surface area (Å²) in [6, 6.07) is 14.3. The molecular formula is C20H18N2O2S. The van der Waals surface area contributed by atoms with Crippen molar-refractivity contribution in [3.8, 4) is 21.9 Å². The van der Waals surface area contributed by atoms with Crippen LogP contribution in [0.4, 0.5) is 5.13 Å². The molecule has 1 aliphatic carbocycles. The molecule has 0 atom stereocenters. The van der Waals surface area contributed by atoms with Crippen molar-refractivity contribution in [2.24, 2.45) is 4.99 Å². The lowest BCUT2D eigenvalue weighted by molar-refractivity contribution is 0.354. The lowest BCUT2D eigenvalue weighted by Gasteiger charge is -2.13. The zero-order chi connectivity index (χ0) is 17.2. The third-order valence-corrected chi connectivity index (χ3v) is 5.37. The Morgan fingerprint density at radius 3 is 2.76 bits per heavy atom. The number of aryl methyl sites for hydroxylation is 2. The molecular weight excluding hydrogens is 332 g/mol. The quantitative estimate of drug-likeness (QED) is 0.642. The third-order valence-electron chi connectivity index (χ3n) is 4.33. The number of ether oxygens (including phenoxy) is 2. The van der Waals surface area contributed by atoms with Crippen molar-refractivity contribution in [2.75, 3.05) is 14.2 Å². The Hall–Kier alpha value is -2.66. The van der Waals surface area contributed by atoms with Crippen LogP contribution in [0, 0.1) is 0 Å².